The van der Waals surface area contributed by atoms with Crippen LogP contribution in [-0.2, 0) is 15.3 Å². The van der Waals surface area contributed by atoms with Crippen molar-refractivity contribution >= 4 is 15.8 Å². The number of rotatable bonds is 3. The third-order valence-corrected chi connectivity index (χ3v) is 9.39. The summed E-state index contributed by atoms with van der Waals surface area (Å²) < 4.78 is 35.5. The third kappa shape index (κ3) is 3.86. The molecule has 0 spiro atoms. The molecule has 7 nitrogen and oxygen atoms in total. The van der Waals surface area contributed by atoms with Crippen LogP contribution in [0.3, 0.4) is 0 Å². The van der Waals surface area contributed by atoms with Crippen LogP contribution < -0.4 is 14.8 Å². The van der Waals surface area contributed by atoms with Gasteiger partial charge in [-0.25, -0.2) is 8.42 Å². The van der Waals surface area contributed by atoms with E-state index in [0.717, 1.165) is 36.8 Å². The molecule has 0 bridgehead atoms. The van der Waals surface area contributed by atoms with Crippen LogP contribution in [0.25, 0.3) is 0 Å². The van der Waals surface area contributed by atoms with Crippen LogP contribution in [0.1, 0.15) is 45.1 Å². The molecule has 0 amide bonds. The van der Waals surface area contributed by atoms with Crippen molar-refractivity contribution in [3.8, 4) is 11.5 Å². The molecule has 2 aliphatic heterocycles. The molecule has 0 radical (unpaired) electrons. The van der Waals surface area contributed by atoms with Gasteiger partial charge in [-0.3, -0.25) is 4.99 Å². The summed E-state index contributed by atoms with van der Waals surface area (Å²) in [6.45, 7) is 6.47. The Balaban J connectivity index is 1.51. The van der Waals surface area contributed by atoms with E-state index in [9.17, 15) is 8.42 Å². The summed E-state index contributed by atoms with van der Waals surface area (Å²) in [5, 5.41) is 3.57. The second-order valence-corrected chi connectivity index (χ2v) is 12.0. The highest BCUT2D eigenvalue weighted by Crippen LogP contribution is 2.44. The van der Waals surface area contributed by atoms with Crippen LogP contribution in [0, 0.1) is 0 Å². The van der Waals surface area contributed by atoms with Gasteiger partial charge in [0.2, 0.25) is 0 Å². The highest BCUT2D eigenvalue weighted by atomic mass is 32.2. The fourth-order valence-corrected chi connectivity index (χ4v) is 6.26. The van der Waals surface area contributed by atoms with E-state index in [-0.39, 0.29) is 11.2 Å². The number of aliphatic imine (C=N–C) groups is 1. The van der Waals surface area contributed by atoms with Gasteiger partial charge in [-0.15, -0.1) is 0 Å². The number of fused-ring (bicyclic) bond motifs is 1. The highest BCUT2D eigenvalue weighted by molar-refractivity contribution is 7.92. The van der Waals surface area contributed by atoms with Crippen molar-refractivity contribution in [2.45, 2.75) is 49.7 Å². The largest absolute Gasteiger partial charge is 0.486 e. The normalized spacial score (nSPS) is 24.5. The van der Waals surface area contributed by atoms with E-state index >= 15 is 0 Å². The average Bonchev–Trinajstić information content (AvgIpc) is 3.21. The number of sulfone groups is 1. The van der Waals surface area contributed by atoms with Crippen LogP contribution in [0.4, 0.5) is 0 Å². The molecule has 1 aromatic rings. The molecule has 1 saturated heterocycles. The molecule has 0 aromatic heterocycles. The lowest BCUT2D eigenvalue weighted by Crippen LogP contribution is -2.58. The standard InChI is InChI=1S/C22H33N3O4S/c1-21(2)16-25(10-13-30(21,26)27)20(23-3)24-15-22(8-4-5-9-22)17-6-7-18-19(14-17)29-12-11-28-18/h6-7,14H,4-5,8-13,15-16H2,1-3H3,(H,23,24). The zero-order valence-corrected chi connectivity index (χ0v) is 19.1. The molecule has 1 aromatic carbocycles. The summed E-state index contributed by atoms with van der Waals surface area (Å²) in [5.74, 6) is 2.59. The molecule has 1 aliphatic carbocycles. The number of guanidine groups is 1. The Morgan fingerprint density at radius 2 is 1.87 bits per heavy atom. The van der Waals surface area contributed by atoms with E-state index in [2.05, 4.69) is 27.3 Å². The van der Waals surface area contributed by atoms with Crippen LogP contribution in [0.15, 0.2) is 23.2 Å². The van der Waals surface area contributed by atoms with Gasteiger partial charge in [-0.05, 0) is 44.4 Å². The van der Waals surface area contributed by atoms with E-state index in [4.69, 9.17) is 9.47 Å². The van der Waals surface area contributed by atoms with E-state index in [1.165, 1.54) is 18.4 Å². The molecule has 1 saturated carbocycles. The smallest absolute Gasteiger partial charge is 0.193 e. The quantitative estimate of drug-likeness (QED) is 0.580. The predicted molar refractivity (Wildman–Crippen MR) is 118 cm³/mol. The Labute approximate surface area is 179 Å². The molecule has 4 rings (SSSR count). The van der Waals surface area contributed by atoms with Crippen LogP contribution in [0.2, 0.25) is 0 Å². The summed E-state index contributed by atoms with van der Waals surface area (Å²) in [5.41, 5.74) is 1.29. The maximum atomic E-state index is 12.4. The van der Waals surface area contributed by atoms with Gasteiger partial charge in [0.25, 0.3) is 0 Å². The maximum absolute atomic E-state index is 12.4. The minimum absolute atomic E-state index is 0.0170. The lowest BCUT2D eigenvalue weighted by atomic mass is 9.78. The van der Waals surface area contributed by atoms with Crippen molar-refractivity contribution in [1.29, 1.82) is 0 Å². The van der Waals surface area contributed by atoms with Gasteiger partial charge in [0.1, 0.15) is 13.2 Å². The molecule has 1 N–H and O–H groups in total. The first-order valence-electron chi connectivity index (χ1n) is 10.8. The maximum Gasteiger partial charge on any atom is 0.193 e. The monoisotopic (exact) mass is 435 g/mol. The summed E-state index contributed by atoms with van der Waals surface area (Å²) >= 11 is 0. The van der Waals surface area contributed by atoms with E-state index in [0.29, 0.717) is 26.3 Å². The second-order valence-electron chi connectivity index (χ2n) is 9.25. The van der Waals surface area contributed by atoms with Crippen molar-refractivity contribution in [2.24, 2.45) is 4.99 Å². The fourth-order valence-electron chi connectivity index (χ4n) is 4.90. The van der Waals surface area contributed by atoms with Crippen LogP contribution in [-0.4, -0.2) is 69.7 Å². The van der Waals surface area contributed by atoms with Crippen molar-refractivity contribution in [2.75, 3.05) is 45.6 Å². The van der Waals surface area contributed by atoms with E-state index in [1.54, 1.807) is 20.9 Å². The van der Waals surface area contributed by atoms with Gasteiger partial charge in [0, 0.05) is 32.1 Å². The van der Waals surface area contributed by atoms with Gasteiger partial charge in [-0.1, -0.05) is 18.9 Å². The lowest BCUT2D eigenvalue weighted by molar-refractivity contribution is 0.171. The summed E-state index contributed by atoms with van der Waals surface area (Å²) in [6, 6.07) is 6.33. The average molecular weight is 436 g/mol. The van der Waals surface area contributed by atoms with Crippen molar-refractivity contribution < 1.29 is 17.9 Å². The molecule has 2 fully saturated rings. The van der Waals surface area contributed by atoms with Crippen LogP contribution >= 0.6 is 0 Å². The fraction of sp³-hybridized carbons (Fsp3) is 0.682. The van der Waals surface area contributed by atoms with Gasteiger partial charge in [0.15, 0.2) is 27.3 Å². The van der Waals surface area contributed by atoms with E-state index in [1.807, 2.05) is 6.07 Å². The predicted octanol–water partition coefficient (Wildman–Crippen LogP) is 2.35. The van der Waals surface area contributed by atoms with Crippen LogP contribution in [0.5, 0.6) is 11.5 Å². The minimum atomic E-state index is -3.08. The van der Waals surface area contributed by atoms with Crippen molar-refractivity contribution in [1.82, 2.24) is 10.2 Å². The Hall–Kier alpha value is -1.96. The SMILES string of the molecule is CN=C(NCC1(c2ccc3c(c2)OCCO3)CCCC1)N1CCS(=O)(=O)C(C)(C)C1. The van der Waals surface area contributed by atoms with Gasteiger partial charge in [-0.2, -0.15) is 0 Å². The molecular weight excluding hydrogens is 402 g/mol. The Morgan fingerprint density at radius 3 is 2.53 bits per heavy atom. The second kappa shape index (κ2) is 7.94. The molecule has 8 heteroatoms. The first-order valence-corrected chi connectivity index (χ1v) is 12.5. The topological polar surface area (TPSA) is 80.2 Å². The number of ether oxygens (including phenoxy) is 2. The summed E-state index contributed by atoms with van der Waals surface area (Å²) in [4.78, 5) is 6.55. The zero-order valence-electron chi connectivity index (χ0n) is 18.2. The molecule has 0 atom stereocenters. The zero-order chi connectivity index (χ0) is 21.4. The van der Waals surface area contributed by atoms with Crippen molar-refractivity contribution in [3.05, 3.63) is 23.8 Å². The molecule has 30 heavy (non-hydrogen) atoms. The van der Waals surface area contributed by atoms with Gasteiger partial charge in [0.05, 0.1) is 10.5 Å². The van der Waals surface area contributed by atoms with Gasteiger partial charge < -0.3 is 19.7 Å². The van der Waals surface area contributed by atoms with Gasteiger partial charge >= 0.3 is 0 Å². The third-order valence-electron chi connectivity index (χ3n) is 6.85. The number of nitrogens with zero attached hydrogens (tertiary/aromatic N) is 2. The number of hydrogen-bond donors (Lipinski definition) is 1. The Kier molecular flexibility index (Phi) is 5.64. The number of nitrogens with one attached hydrogen (secondary N) is 1. The summed E-state index contributed by atoms with van der Waals surface area (Å²) in [6.07, 6.45) is 4.61. The minimum Gasteiger partial charge on any atom is -0.486 e. The number of hydrogen-bond acceptors (Lipinski definition) is 5. The Bertz CT molecular complexity index is 920. The molecule has 166 valence electrons. The lowest BCUT2D eigenvalue weighted by Gasteiger charge is -2.40. The molecular formula is C22H33N3O4S. The Morgan fingerprint density at radius 1 is 1.17 bits per heavy atom. The molecule has 3 aliphatic rings. The molecule has 0 unspecified atom stereocenters. The van der Waals surface area contributed by atoms with E-state index < -0.39 is 14.6 Å². The summed E-state index contributed by atoms with van der Waals surface area (Å²) in [7, 11) is -1.31. The highest BCUT2D eigenvalue weighted by Gasteiger charge is 2.42. The molecule has 2 heterocycles. The first kappa shape index (κ1) is 21.3. The van der Waals surface area contributed by atoms with Crippen molar-refractivity contribution in [3.63, 3.8) is 0 Å². The first-order chi connectivity index (χ1) is 14.3. The number of benzene rings is 1.